The Labute approximate surface area is 88.4 Å². The van der Waals surface area contributed by atoms with Crippen LogP contribution in [0.15, 0.2) is 0 Å². The molecule has 0 spiro atoms. The highest BCUT2D eigenvalue weighted by Crippen LogP contribution is 2.22. The van der Waals surface area contributed by atoms with Crippen LogP contribution in [0.4, 0.5) is 0 Å². The van der Waals surface area contributed by atoms with Crippen LogP contribution in [0.5, 0.6) is 0 Å². The molecule has 0 saturated heterocycles. The van der Waals surface area contributed by atoms with Gasteiger partial charge in [0.25, 0.3) is 0 Å². The van der Waals surface area contributed by atoms with E-state index in [2.05, 4.69) is 26.1 Å². The zero-order chi connectivity index (χ0) is 10.6. The predicted molar refractivity (Wildman–Crippen MR) is 60.4 cm³/mol. The molecule has 0 radical (unpaired) electrons. The maximum Gasteiger partial charge on any atom is 0.0546 e. The highest BCUT2D eigenvalue weighted by atomic mass is 16.5. The standard InChI is InChI=1S/C12H25NO/c1-9(2)11(7-10(3)14-4)8-13-12-5-6-12/h9-13H,5-8H2,1-4H3. The number of hydrogen-bond donors (Lipinski definition) is 1. The van der Waals surface area contributed by atoms with Gasteiger partial charge in [0, 0.05) is 13.2 Å². The Morgan fingerprint density at radius 1 is 1.29 bits per heavy atom. The predicted octanol–water partition coefficient (Wildman–Crippen LogP) is 2.44. The van der Waals surface area contributed by atoms with Crippen molar-refractivity contribution in [1.82, 2.24) is 5.32 Å². The van der Waals surface area contributed by atoms with Crippen molar-refractivity contribution in [2.75, 3.05) is 13.7 Å². The van der Waals surface area contributed by atoms with Crippen molar-refractivity contribution in [2.24, 2.45) is 11.8 Å². The first-order chi connectivity index (χ1) is 6.63. The average molecular weight is 199 g/mol. The Balaban J connectivity index is 2.21. The van der Waals surface area contributed by atoms with Crippen LogP contribution in [-0.4, -0.2) is 25.8 Å². The third-order valence-corrected chi connectivity index (χ3v) is 3.23. The molecule has 2 unspecified atom stereocenters. The molecule has 14 heavy (non-hydrogen) atoms. The van der Waals surface area contributed by atoms with Gasteiger partial charge in [-0.1, -0.05) is 13.8 Å². The highest BCUT2D eigenvalue weighted by molar-refractivity contribution is 4.82. The van der Waals surface area contributed by atoms with E-state index < -0.39 is 0 Å². The molecule has 1 saturated carbocycles. The van der Waals surface area contributed by atoms with Gasteiger partial charge in [0.05, 0.1) is 6.10 Å². The molecule has 0 aromatic carbocycles. The minimum atomic E-state index is 0.392. The molecule has 0 aromatic rings. The molecule has 0 aromatic heterocycles. The van der Waals surface area contributed by atoms with Gasteiger partial charge in [-0.2, -0.15) is 0 Å². The fourth-order valence-corrected chi connectivity index (χ4v) is 1.72. The normalized spacial score (nSPS) is 21.2. The van der Waals surface area contributed by atoms with Crippen molar-refractivity contribution in [3.05, 3.63) is 0 Å². The summed E-state index contributed by atoms with van der Waals surface area (Å²) < 4.78 is 5.33. The monoisotopic (exact) mass is 199 g/mol. The van der Waals surface area contributed by atoms with Crippen LogP contribution in [0, 0.1) is 11.8 Å². The SMILES string of the molecule is COC(C)CC(CNC1CC1)C(C)C. The van der Waals surface area contributed by atoms with Gasteiger partial charge in [-0.15, -0.1) is 0 Å². The molecule has 1 aliphatic rings. The van der Waals surface area contributed by atoms with E-state index >= 15 is 0 Å². The van der Waals surface area contributed by atoms with Crippen molar-refractivity contribution < 1.29 is 4.74 Å². The number of nitrogens with one attached hydrogen (secondary N) is 1. The van der Waals surface area contributed by atoms with Crippen molar-refractivity contribution in [3.63, 3.8) is 0 Å². The Kier molecular flexibility index (Phi) is 4.90. The van der Waals surface area contributed by atoms with Crippen LogP contribution in [0.3, 0.4) is 0 Å². The van der Waals surface area contributed by atoms with E-state index in [1.165, 1.54) is 19.3 Å². The molecule has 1 fully saturated rings. The summed E-state index contributed by atoms with van der Waals surface area (Å²) >= 11 is 0. The van der Waals surface area contributed by atoms with E-state index in [9.17, 15) is 0 Å². The molecule has 0 aliphatic heterocycles. The van der Waals surface area contributed by atoms with E-state index in [-0.39, 0.29) is 0 Å². The highest BCUT2D eigenvalue weighted by Gasteiger charge is 2.23. The lowest BCUT2D eigenvalue weighted by Gasteiger charge is -2.24. The van der Waals surface area contributed by atoms with Crippen molar-refractivity contribution in [3.8, 4) is 0 Å². The molecule has 2 heteroatoms. The number of ether oxygens (including phenoxy) is 1. The number of hydrogen-bond acceptors (Lipinski definition) is 2. The van der Waals surface area contributed by atoms with E-state index in [4.69, 9.17) is 4.74 Å². The van der Waals surface area contributed by atoms with Gasteiger partial charge in [0.2, 0.25) is 0 Å². The van der Waals surface area contributed by atoms with Gasteiger partial charge in [0.15, 0.2) is 0 Å². The quantitative estimate of drug-likeness (QED) is 0.680. The lowest BCUT2D eigenvalue weighted by Crippen LogP contribution is -2.30. The van der Waals surface area contributed by atoms with Gasteiger partial charge in [0.1, 0.15) is 0 Å². The zero-order valence-electron chi connectivity index (χ0n) is 10.0. The Morgan fingerprint density at radius 3 is 2.36 bits per heavy atom. The summed E-state index contributed by atoms with van der Waals surface area (Å²) in [5, 5.41) is 3.61. The summed E-state index contributed by atoms with van der Waals surface area (Å²) in [6.45, 7) is 7.94. The summed E-state index contributed by atoms with van der Waals surface area (Å²) in [5.41, 5.74) is 0. The topological polar surface area (TPSA) is 21.3 Å². The zero-order valence-corrected chi connectivity index (χ0v) is 10.0. The summed E-state index contributed by atoms with van der Waals surface area (Å²) in [6, 6.07) is 0.828. The van der Waals surface area contributed by atoms with E-state index in [1.807, 2.05) is 0 Å². The number of rotatable bonds is 7. The molecule has 2 atom stereocenters. The third kappa shape index (κ3) is 4.43. The fraction of sp³-hybridized carbons (Fsp3) is 1.00. The molecule has 0 amide bonds. The van der Waals surface area contributed by atoms with Gasteiger partial charge in [-0.05, 0) is 44.6 Å². The van der Waals surface area contributed by atoms with Gasteiger partial charge in [-0.25, -0.2) is 0 Å². The molecule has 0 bridgehead atoms. The van der Waals surface area contributed by atoms with Crippen molar-refractivity contribution >= 4 is 0 Å². The molecule has 1 aliphatic carbocycles. The lowest BCUT2D eigenvalue weighted by atomic mass is 9.90. The molecule has 1 rings (SSSR count). The van der Waals surface area contributed by atoms with Crippen LogP contribution in [0.2, 0.25) is 0 Å². The molecular weight excluding hydrogens is 174 g/mol. The number of methoxy groups -OCH3 is 1. The minimum absolute atomic E-state index is 0.392. The summed E-state index contributed by atoms with van der Waals surface area (Å²) in [6.07, 6.45) is 4.33. The van der Waals surface area contributed by atoms with Crippen LogP contribution in [0.1, 0.15) is 40.0 Å². The van der Waals surface area contributed by atoms with Crippen LogP contribution >= 0.6 is 0 Å². The first-order valence-electron chi connectivity index (χ1n) is 5.89. The smallest absolute Gasteiger partial charge is 0.0546 e. The van der Waals surface area contributed by atoms with Crippen molar-refractivity contribution in [2.45, 2.75) is 52.2 Å². The maximum absolute atomic E-state index is 5.33. The second-order valence-corrected chi connectivity index (χ2v) is 4.97. The maximum atomic E-state index is 5.33. The Bertz CT molecular complexity index is 154. The van der Waals surface area contributed by atoms with Gasteiger partial charge in [-0.3, -0.25) is 0 Å². The summed E-state index contributed by atoms with van der Waals surface area (Å²) in [7, 11) is 1.80. The first kappa shape index (κ1) is 12.0. The van der Waals surface area contributed by atoms with E-state index in [0.29, 0.717) is 6.10 Å². The molecular formula is C12H25NO. The third-order valence-electron chi connectivity index (χ3n) is 3.23. The molecule has 1 N–H and O–H groups in total. The van der Waals surface area contributed by atoms with Crippen LogP contribution < -0.4 is 5.32 Å². The average Bonchev–Trinajstić information content (AvgIpc) is 2.94. The van der Waals surface area contributed by atoms with Gasteiger partial charge >= 0.3 is 0 Å². The Morgan fingerprint density at radius 2 is 1.93 bits per heavy atom. The van der Waals surface area contributed by atoms with Crippen molar-refractivity contribution in [1.29, 1.82) is 0 Å². The minimum Gasteiger partial charge on any atom is -0.382 e. The Hall–Kier alpha value is -0.0800. The molecule has 2 nitrogen and oxygen atoms in total. The fourth-order valence-electron chi connectivity index (χ4n) is 1.72. The molecule has 0 heterocycles. The summed E-state index contributed by atoms with van der Waals surface area (Å²) in [4.78, 5) is 0. The second-order valence-electron chi connectivity index (χ2n) is 4.97. The van der Waals surface area contributed by atoms with Gasteiger partial charge < -0.3 is 10.1 Å². The van der Waals surface area contributed by atoms with Crippen LogP contribution in [-0.2, 0) is 4.74 Å². The lowest BCUT2D eigenvalue weighted by molar-refractivity contribution is 0.0863. The first-order valence-corrected chi connectivity index (χ1v) is 5.89. The van der Waals surface area contributed by atoms with E-state index in [1.54, 1.807) is 7.11 Å². The molecule has 84 valence electrons. The van der Waals surface area contributed by atoms with Crippen LogP contribution in [0.25, 0.3) is 0 Å². The van der Waals surface area contributed by atoms with E-state index in [0.717, 1.165) is 24.4 Å². The largest absolute Gasteiger partial charge is 0.382 e. The second kappa shape index (κ2) is 5.72. The summed E-state index contributed by atoms with van der Waals surface area (Å²) in [5.74, 6) is 1.50.